The second-order valence-electron chi connectivity index (χ2n) is 6.41. The first-order valence-corrected chi connectivity index (χ1v) is 8.92. The molecule has 0 radical (unpaired) electrons. The van der Waals surface area contributed by atoms with Gasteiger partial charge in [0, 0.05) is 6.42 Å². The van der Waals surface area contributed by atoms with Gasteiger partial charge in [-0.25, -0.2) is 0 Å². The van der Waals surface area contributed by atoms with E-state index < -0.39 is 0 Å². The molecule has 2 rings (SSSR count). The van der Waals surface area contributed by atoms with Gasteiger partial charge in [0.1, 0.15) is 0 Å². The molecule has 2 heterocycles. The second kappa shape index (κ2) is 9.42. The number of hydrogen-bond acceptors (Lipinski definition) is 2. The van der Waals surface area contributed by atoms with E-state index in [0.29, 0.717) is 24.4 Å². The predicted molar refractivity (Wildman–Crippen MR) is 88.5 cm³/mol. The molecule has 2 heteroatoms. The van der Waals surface area contributed by atoms with Crippen LogP contribution >= 0.6 is 0 Å². The minimum absolute atomic E-state index is 0.473. The van der Waals surface area contributed by atoms with Crippen molar-refractivity contribution in [2.45, 2.75) is 95.5 Å². The summed E-state index contributed by atoms with van der Waals surface area (Å²) in [4.78, 5) is 0. The molecule has 21 heavy (non-hydrogen) atoms. The van der Waals surface area contributed by atoms with E-state index in [-0.39, 0.29) is 0 Å². The van der Waals surface area contributed by atoms with Gasteiger partial charge in [-0.3, -0.25) is 0 Å². The number of epoxide rings is 2. The van der Waals surface area contributed by atoms with Crippen molar-refractivity contribution < 1.29 is 9.47 Å². The SMILES string of the molecule is C=CCCCCCCC[C@@H]1O[C@@H]1C[C@@H]1O[C@@H]1C/C=C\CC. The normalized spacial score (nSPS) is 30.7. The summed E-state index contributed by atoms with van der Waals surface area (Å²) in [6.07, 6.45) is 20.9. The minimum atomic E-state index is 0.473. The molecule has 0 aromatic carbocycles. The van der Waals surface area contributed by atoms with Crippen molar-refractivity contribution in [3.63, 3.8) is 0 Å². The van der Waals surface area contributed by atoms with Crippen LogP contribution in [-0.2, 0) is 9.47 Å². The first-order valence-electron chi connectivity index (χ1n) is 8.92. The molecule has 2 saturated heterocycles. The van der Waals surface area contributed by atoms with E-state index in [2.05, 4.69) is 25.7 Å². The Morgan fingerprint density at radius 2 is 1.57 bits per heavy atom. The maximum atomic E-state index is 5.78. The van der Waals surface area contributed by atoms with Crippen molar-refractivity contribution in [2.75, 3.05) is 0 Å². The highest BCUT2D eigenvalue weighted by molar-refractivity contribution is 4.98. The first-order chi connectivity index (χ1) is 10.3. The lowest BCUT2D eigenvalue weighted by Gasteiger charge is -1.98. The van der Waals surface area contributed by atoms with Gasteiger partial charge in [0.15, 0.2) is 0 Å². The molecule has 0 N–H and O–H groups in total. The highest BCUT2D eigenvalue weighted by Crippen LogP contribution is 2.38. The maximum absolute atomic E-state index is 5.78. The smallest absolute Gasteiger partial charge is 0.0877 e. The van der Waals surface area contributed by atoms with Crippen LogP contribution in [0.15, 0.2) is 24.8 Å². The highest BCUT2D eigenvalue weighted by atomic mass is 16.6. The van der Waals surface area contributed by atoms with Crippen LogP contribution in [0, 0.1) is 0 Å². The zero-order valence-corrected chi connectivity index (χ0v) is 13.6. The summed E-state index contributed by atoms with van der Waals surface area (Å²) < 4.78 is 11.5. The van der Waals surface area contributed by atoms with Crippen LogP contribution in [0.25, 0.3) is 0 Å². The van der Waals surface area contributed by atoms with Crippen LogP contribution in [0.5, 0.6) is 0 Å². The third kappa shape index (κ3) is 6.80. The first kappa shape index (κ1) is 16.8. The topological polar surface area (TPSA) is 25.1 Å². The summed E-state index contributed by atoms with van der Waals surface area (Å²) in [6.45, 7) is 5.93. The van der Waals surface area contributed by atoms with Crippen molar-refractivity contribution in [2.24, 2.45) is 0 Å². The van der Waals surface area contributed by atoms with Crippen LogP contribution in [0.4, 0.5) is 0 Å². The Balaban J connectivity index is 1.39. The van der Waals surface area contributed by atoms with E-state index in [0.717, 1.165) is 19.3 Å². The quantitative estimate of drug-likeness (QED) is 0.265. The molecular formula is C19H32O2. The standard InChI is InChI=1S/C19H32O2/c1-3-5-7-8-9-10-12-14-17-19(21-17)15-18-16(20-18)13-11-6-4-2/h3,6,11,16-19H,1,4-5,7-10,12-15H2,2H3/b11-6-/t16-,17+,18+,19-/m1/s1. The van der Waals surface area contributed by atoms with Crippen LogP contribution in [-0.4, -0.2) is 24.4 Å². The molecule has 0 bridgehead atoms. The van der Waals surface area contributed by atoms with Crippen molar-refractivity contribution in [3.8, 4) is 0 Å². The van der Waals surface area contributed by atoms with Crippen LogP contribution in [0.1, 0.15) is 71.1 Å². The molecule has 2 nitrogen and oxygen atoms in total. The fourth-order valence-electron chi connectivity index (χ4n) is 3.02. The monoisotopic (exact) mass is 292 g/mol. The molecule has 0 aliphatic carbocycles. The third-order valence-electron chi connectivity index (χ3n) is 4.51. The predicted octanol–water partition coefficient (Wildman–Crippen LogP) is 5.18. The lowest BCUT2D eigenvalue weighted by Crippen LogP contribution is -2.01. The molecule has 0 aromatic heterocycles. The van der Waals surface area contributed by atoms with Gasteiger partial charge in [0.2, 0.25) is 0 Å². The van der Waals surface area contributed by atoms with Crippen LogP contribution in [0.3, 0.4) is 0 Å². The van der Waals surface area contributed by atoms with E-state index in [1.54, 1.807) is 0 Å². The largest absolute Gasteiger partial charge is 0.369 e. The summed E-state index contributed by atoms with van der Waals surface area (Å²) in [6, 6.07) is 0. The molecule has 120 valence electrons. The zero-order chi connectivity index (χ0) is 14.9. The summed E-state index contributed by atoms with van der Waals surface area (Å²) >= 11 is 0. The Kier molecular flexibility index (Phi) is 7.52. The molecule has 2 fully saturated rings. The Morgan fingerprint density at radius 3 is 2.38 bits per heavy atom. The number of rotatable bonds is 13. The van der Waals surface area contributed by atoms with Gasteiger partial charge in [-0.2, -0.15) is 0 Å². The summed E-state index contributed by atoms with van der Waals surface area (Å²) in [5.74, 6) is 0. The van der Waals surface area contributed by atoms with Crippen molar-refractivity contribution in [3.05, 3.63) is 24.8 Å². The van der Waals surface area contributed by atoms with Crippen LogP contribution < -0.4 is 0 Å². The van der Waals surface area contributed by atoms with Crippen molar-refractivity contribution in [1.29, 1.82) is 0 Å². The van der Waals surface area contributed by atoms with Gasteiger partial charge < -0.3 is 9.47 Å². The Morgan fingerprint density at radius 1 is 0.857 bits per heavy atom. The second-order valence-corrected chi connectivity index (χ2v) is 6.41. The lowest BCUT2D eigenvalue weighted by molar-refractivity contribution is 0.320. The fourth-order valence-corrected chi connectivity index (χ4v) is 3.02. The van der Waals surface area contributed by atoms with E-state index >= 15 is 0 Å². The van der Waals surface area contributed by atoms with E-state index in [9.17, 15) is 0 Å². The van der Waals surface area contributed by atoms with Gasteiger partial charge in [0.25, 0.3) is 0 Å². The van der Waals surface area contributed by atoms with Crippen LogP contribution in [0.2, 0.25) is 0 Å². The average Bonchev–Trinajstić information content (AvgIpc) is 3.39. The Labute approximate surface area is 130 Å². The molecule has 0 unspecified atom stereocenters. The molecule has 0 spiro atoms. The molecule has 0 aromatic rings. The average molecular weight is 292 g/mol. The highest BCUT2D eigenvalue weighted by Gasteiger charge is 2.47. The van der Waals surface area contributed by atoms with Gasteiger partial charge in [-0.1, -0.05) is 50.8 Å². The molecule has 4 atom stereocenters. The maximum Gasteiger partial charge on any atom is 0.0877 e. The number of unbranched alkanes of at least 4 members (excludes halogenated alkanes) is 5. The molecule has 0 amide bonds. The number of hydrogen-bond donors (Lipinski definition) is 0. The van der Waals surface area contributed by atoms with E-state index in [4.69, 9.17) is 9.47 Å². The Hall–Kier alpha value is -0.600. The molecule has 2 aliphatic heterocycles. The van der Waals surface area contributed by atoms with Gasteiger partial charge in [-0.15, -0.1) is 6.58 Å². The summed E-state index contributed by atoms with van der Waals surface area (Å²) in [5, 5.41) is 0. The van der Waals surface area contributed by atoms with Gasteiger partial charge in [0.05, 0.1) is 24.4 Å². The number of ether oxygens (including phenoxy) is 2. The van der Waals surface area contributed by atoms with Gasteiger partial charge >= 0.3 is 0 Å². The fraction of sp³-hybridized carbons (Fsp3) is 0.789. The van der Waals surface area contributed by atoms with E-state index in [1.807, 2.05) is 6.08 Å². The number of allylic oxidation sites excluding steroid dienone is 2. The van der Waals surface area contributed by atoms with E-state index in [1.165, 1.54) is 44.9 Å². The Bertz CT molecular complexity index is 324. The minimum Gasteiger partial charge on any atom is -0.369 e. The zero-order valence-electron chi connectivity index (χ0n) is 13.6. The summed E-state index contributed by atoms with van der Waals surface area (Å²) in [5.41, 5.74) is 0. The molecule has 0 saturated carbocycles. The third-order valence-corrected chi connectivity index (χ3v) is 4.51. The lowest BCUT2D eigenvalue weighted by atomic mass is 10.0. The molecular weight excluding hydrogens is 260 g/mol. The molecule has 2 aliphatic rings. The van der Waals surface area contributed by atoms with Crippen molar-refractivity contribution >= 4 is 0 Å². The van der Waals surface area contributed by atoms with Crippen molar-refractivity contribution in [1.82, 2.24) is 0 Å². The van der Waals surface area contributed by atoms with Gasteiger partial charge in [-0.05, 0) is 32.1 Å². The summed E-state index contributed by atoms with van der Waals surface area (Å²) in [7, 11) is 0.